The van der Waals surface area contributed by atoms with E-state index in [-0.39, 0.29) is 11.9 Å². The largest absolute Gasteiger partial charge is 0.378 e. The monoisotopic (exact) mass is 273 g/mol. The van der Waals surface area contributed by atoms with E-state index in [1.165, 1.54) is 6.07 Å². The van der Waals surface area contributed by atoms with Crippen molar-refractivity contribution in [2.24, 2.45) is 5.84 Å². The Kier molecular flexibility index (Phi) is 4.37. The van der Waals surface area contributed by atoms with Crippen LogP contribution in [0.4, 0.5) is 10.1 Å². The summed E-state index contributed by atoms with van der Waals surface area (Å²) in [5.41, 5.74) is 6.29. The summed E-state index contributed by atoms with van der Waals surface area (Å²) in [7, 11) is 3.96. The molecule has 20 heavy (non-hydrogen) atoms. The molecule has 2 aromatic rings. The van der Waals surface area contributed by atoms with Crippen LogP contribution >= 0.6 is 0 Å². The van der Waals surface area contributed by atoms with Crippen molar-refractivity contribution >= 4 is 5.69 Å². The number of benzene rings is 2. The molecule has 1 unspecified atom stereocenters. The third-order valence-electron chi connectivity index (χ3n) is 3.37. The highest BCUT2D eigenvalue weighted by atomic mass is 19.1. The van der Waals surface area contributed by atoms with Gasteiger partial charge >= 0.3 is 0 Å². The molecule has 0 saturated heterocycles. The van der Waals surface area contributed by atoms with Crippen molar-refractivity contribution in [1.82, 2.24) is 5.43 Å². The van der Waals surface area contributed by atoms with Gasteiger partial charge in [0.25, 0.3) is 0 Å². The molecule has 0 aliphatic carbocycles. The van der Waals surface area contributed by atoms with Gasteiger partial charge < -0.3 is 4.90 Å². The zero-order valence-electron chi connectivity index (χ0n) is 12.0. The molecule has 0 aliphatic rings. The number of hydrazine groups is 1. The number of nitrogens with zero attached hydrogens (tertiary/aromatic N) is 1. The molecule has 0 heterocycles. The number of halogens is 1. The summed E-state index contributed by atoms with van der Waals surface area (Å²) in [4.78, 5) is 2.02. The minimum atomic E-state index is -0.355. The van der Waals surface area contributed by atoms with E-state index < -0.39 is 0 Å². The smallest absolute Gasteiger partial charge is 0.128 e. The highest BCUT2D eigenvalue weighted by molar-refractivity contribution is 5.48. The first-order valence-electron chi connectivity index (χ1n) is 6.52. The van der Waals surface area contributed by atoms with E-state index in [0.717, 1.165) is 16.8 Å². The molecule has 0 aromatic heterocycles. The third-order valence-corrected chi connectivity index (χ3v) is 3.37. The number of hydrogen-bond acceptors (Lipinski definition) is 3. The van der Waals surface area contributed by atoms with Crippen molar-refractivity contribution in [2.75, 3.05) is 19.0 Å². The van der Waals surface area contributed by atoms with Gasteiger partial charge in [-0.15, -0.1) is 0 Å². The lowest BCUT2D eigenvalue weighted by molar-refractivity contribution is 0.559. The maximum atomic E-state index is 14.0. The van der Waals surface area contributed by atoms with Crippen molar-refractivity contribution in [1.29, 1.82) is 0 Å². The molecule has 4 heteroatoms. The first-order chi connectivity index (χ1) is 9.52. The van der Waals surface area contributed by atoms with Crippen LogP contribution < -0.4 is 16.2 Å². The van der Waals surface area contributed by atoms with Crippen molar-refractivity contribution in [3.8, 4) is 0 Å². The molecule has 0 aliphatic heterocycles. The summed E-state index contributed by atoms with van der Waals surface area (Å²) >= 11 is 0. The van der Waals surface area contributed by atoms with Crippen LogP contribution in [0.5, 0.6) is 0 Å². The minimum absolute atomic E-state index is 0.254. The van der Waals surface area contributed by atoms with Crippen LogP contribution in [0.3, 0.4) is 0 Å². The highest BCUT2D eigenvalue weighted by Gasteiger charge is 2.16. The fourth-order valence-corrected chi connectivity index (χ4v) is 2.21. The SMILES string of the molecule is Cc1ccc(F)c(C(NN)c2ccc(N(C)C)cc2)c1. The Morgan fingerprint density at radius 1 is 1.10 bits per heavy atom. The van der Waals surface area contributed by atoms with Gasteiger partial charge in [0.1, 0.15) is 5.82 Å². The Morgan fingerprint density at radius 2 is 1.75 bits per heavy atom. The van der Waals surface area contributed by atoms with Crippen molar-refractivity contribution in [3.63, 3.8) is 0 Å². The van der Waals surface area contributed by atoms with Crippen LogP contribution in [-0.2, 0) is 0 Å². The molecule has 2 rings (SSSR count). The van der Waals surface area contributed by atoms with Crippen LogP contribution in [0.25, 0.3) is 0 Å². The number of rotatable bonds is 4. The van der Waals surface area contributed by atoms with Crippen LogP contribution in [0.2, 0.25) is 0 Å². The first-order valence-corrected chi connectivity index (χ1v) is 6.52. The average molecular weight is 273 g/mol. The molecule has 1 atom stereocenters. The maximum absolute atomic E-state index is 14.0. The molecular formula is C16H20FN3. The van der Waals surface area contributed by atoms with Crippen LogP contribution in [-0.4, -0.2) is 14.1 Å². The molecule has 0 fully saturated rings. The molecular weight excluding hydrogens is 253 g/mol. The number of nitrogens with two attached hydrogens (primary N) is 1. The van der Waals surface area contributed by atoms with Gasteiger partial charge in [-0.3, -0.25) is 5.84 Å². The van der Waals surface area contributed by atoms with Gasteiger partial charge in [-0.25, -0.2) is 9.82 Å². The van der Waals surface area contributed by atoms with Crippen LogP contribution in [0.1, 0.15) is 22.7 Å². The standard InChI is InChI=1S/C16H20FN3/c1-11-4-9-15(17)14(10-11)16(19-18)12-5-7-13(8-6-12)20(2)3/h4-10,16,19H,18H2,1-3H3. The number of hydrogen-bond donors (Lipinski definition) is 2. The first kappa shape index (κ1) is 14.5. The Bertz CT molecular complexity index is 579. The molecule has 0 amide bonds. The Morgan fingerprint density at radius 3 is 2.30 bits per heavy atom. The van der Waals surface area contributed by atoms with Crippen LogP contribution in [0, 0.1) is 12.7 Å². The lowest BCUT2D eigenvalue weighted by Gasteiger charge is -2.19. The normalized spacial score (nSPS) is 12.2. The topological polar surface area (TPSA) is 41.3 Å². The van der Waals surface area contributed by atoms with Gasteiger partial charge in [0.2, 0.25) is 0 Å². The molecule has 0 bridgehead atoms. The summed E-state index contributed by atoms with van der Waals surface area (Å²) in [5, 5.41) is 0. The van der Waals surface area contributed by atoms with Crippen molar-refractivity contribution in [2.45, 2.75) is 13.0 Å². The number of aryl methyl sites for hydroxylation is 1. The van der Waals surface area contributed by atoms with E-state index in [1.807, 2.05) is 56.3 Å². The molecule has 3 nitrogen and oxygen atoms in total. The minimum Gasteiger partial charge on any atom is -0.378 e. The van der Waals surface area contributed by atoms with Gasteiger partial charge in [0.15, 0.2) is 0 Å². The van der Waals surface area contributed by atoms with Gasteiger partial charge in [-0.05, 0) is 30.7 Å². The lowest BCUT2D eigenvalue weighted by atomic mass is 9.97. The highest BCUT2D eigenvalue weighted by Crippen LogP contribution is 2.26. The van der Waals surface area contributed by atoms with Gasteiger partial charge in [-0.2, -0.15) is 0 Å². The summed E-state index contributed by atoms with van der Waals surface area (Å²) in [6, 6.07) is 12.6. The van der Waals surface area contributed by atoms with E-state index in [1.54, 1.807) is 6.07 Å². The number of anilines is 1. The summed E-state index contributed by atoms with van der Waals surface area (Å²) in [6.07, 6.45) is 0. The van der Waals surface area contributed by atoms with Gasteiger partial charge in [0, 0.05) is 25.3 Å². The molecule has 0 radical (unpaired) electrons. The average Bonchev–Trinajstić information content (AvgIpc) is 2.44. The molecule has 0 saturated carbocycles. The van der Waals surface area contributed by atoms with E-state index in [4.69, 9.17) is 5.84 Å². The van der Waals surface area contributed by atoms with Crippen molar-refractivity contribution in [3.05, 3.63) is 65.0 Å². The zero-order valence-corrected chi connectivity index (χ0v) is 12.0. The summed E-state index contributed by atoms with van der Waals surface area (Å²) < 4.78 is 14.0. The number of nitrogens with one attached hydrogen (secondary N) is 1. The molecule has 2 aromatic carbocycles. The summed E-state index contributed by atoms with van der Waals surface area (Å²) in [5.74, 6) is 5.37. The third kappa shape index (κ3) is 2.98. The van der Waals surface area contributed by atoms with Gasteiger partial charge in [0.05, 0.1) is 6.04 Å². The quantitative estimate of drug-likeness (QED) is 0.665. The van der Waals surface area contributed by atoms with E-state index in [2.05, 4.69) is 5.43 Å². The Balaban J connectivity index is 2.39. The molecule has 3 N–H and O–H groups in total. The summed E-state index contributed by atoms with van der Waals surface area (Å²) in [6.45, 7) is 1.94. The van der Waals surface area contributed by atoms with E-state index >= 15 is 0 Å². The predicted molar refractivity (Wildman–Crippen MR) is 81.1 cm³/mol. The van der Waals surface area contributed by atoms with E-state index in [9.17, 15) is 4.39 Å². The fraction of sp³-hybridized carbons (Fsp3) is 0.250. The second kappa shape index (κ2) is 6.03. The van der Waals surface area contributed by atoms with Crippen molar-refractivity contribution < 1.29 is 4.39 Å². The molecule has 106 valence electrons. The fourth-order valence-electron chi connectivity index (χ4n) is 2.21. The second-order valence-corrected chi connectivity index (χ2v) is 5.11. The lowest BCUT2D eigenvalue weighted by Crippen LogP contribution is -2.29. The van der Waals surface area contributed by atoms with Gasteiger partial charge in [-0.1, -0.05) is 29.8 Å². The Hall–Kier alpha value is -1.91. The second-order valence-electron chi connectivity index (χ2n) is 5.11. The molecule has 0 spiro atoms. The zero-order chi connectivity index (χ0) is 14.7. The Labute approximate surface area is 119 Å². The predicted octanol–water partition coefficient (Wildman–Crippen LogP) is 2.75. The van der Waals surface area contributed by atoms with Crippen LogP contribution in [0.15, 0.2) is 42.5 Å². The maximum Gasteiger partial charge on any atom is 0.128 e. The van der Waals surface area contributed by atoms with E-state index in [0.29, 0.717) is 5.56 Å².